The highest BCUT2D eigenvalue weighted by molar-refractivity contribution is 5.01. The summed E-state index contributed by atoms with van der Waals surface area (Å²) in [5, 5.41) is 8.38. The molecule has 0 amide bonds. The van der Waals surface area contributed by atoms with Gasteiger partial charge in [-0.1, -0.05) is 26.2 Å². The van der Waals surface area contributed by atoms with Crippen LogP contribution in [0.3, 0.4) is 0 Å². The number of nitrogens with one attached hydrogen (secondary N) is 1. The second kappa shape index (κ2) is 6.75. The Bertz CT molecular complexity index is 397. The summed E-state index contributed by atoms with van der Waals surface area (Å²) in [6.45, 7) is 10.0. The van der Waals surface area contributed by atoms with Crippen molar-refractivity contribution >= 4 is 0 Å². The van der Waals surface area contributed by atoms with Crippen molar-refractivity contribution < 1.29 is 0 Å². The van der Waals surface area contributed by atoms with Gasteiger partial charge in [-0.25, -0.2) is 0 Å². The maximum absolute atomic E-state index is 4.81. The van der Waals surface area contributed by atoms with Crippen LogP contribution in [0.15, 0.2) is 12.3 Å². The molecule has 3 nitrogen and oxygen atoms in total. The first-order valence-electron chi connectivity index (χ1n) is 8.23. The Morgan fingerprint density at radius 1 is 1.30 bits per heavy atom. The van der Waals surface area contributed by atoms with Crippen LogP contribution in [0.25, 0.3) is 0 Å². The van der Waals surface area contributed by atoms with Gasteiger partial charge in [-0.05, 0) is 58.6 Å². The van der Waals surface area contributed by atoms with Crippen molar-refractivity contribution in [3.8, 4) is 0 Å². The summed E-state index contributed by atoms with van der Waals surface area (Å²) >= 11 is 0. The molecule has 1 aliphatic carbocycles. The van der Waals surface area contributed by atoms with E-state index in [1.54, 1.807) is 0 Å². The van der Waals surface area contributed by atoms with E-state index < -0.39 is 0 Å². The fourth-order valence-electron chi connectivity index (χ4n) is 2.94. The molecule has 114 valence electrons. The predicted octanol–water partition coefficient (Wildman–Crippen LogP) is 3.96. The lowest BCUT2D eigenvalue weighted by molar-refractivity contribution is 0.326. The molecule has 20 heavy (non-hydrogen) atoms. The number of rotatable bonds is 5. The van der Waals surface area contributed by atoms with Crippen molar-refractivity contribution in [2.45, 2.75) is 77.8 Å². The third-order valence-corrected chi connectivity index (χ3v) is 4.15. The number of nitrogens with zero attached hydrogens (tertiary/aromatic N) is 2. The normalized spacial score (nSPS) is 19.2. The molecule has 1 N–H and O–H groups in total. The van der Waals surface area contributed by atoms with Crippen LogP contribution in [0.2, 0.25) is 0 Å². The summed E-state index contributed by atoms with van der Waals surface area (Å²) in [6.07, 6.45) is 10.0. The summed E-state index contributed by atoms with van der Waals surface area (Å²) in [5.41, 5.74) is 1.45. The standard InChI is InChI=1S/C17H31N3/c1-14(13-18-17(2,3)4)12-15-10-11-20(19-15)16-8-6-5-7-9-16/h10-11,14,16,18H,5-9,12-13H2,1-4H3. The van der Waals surface area contributed by atoms with E-state index in [2.05, 4.69) is 50.0 Å². The molecule has 0 aliphatic heterocycles. The third kappa shape index (κ3) is 4.93. The minimum Gasteiger partial charge on any atom is -0.312 e. The zero-order valence-electron chi connectivity index (χ0n) is 13.7. The van der Waals surface area contributed by atoms with Crippen LogP contribution < -0.4 is 5.32 Å². The van der Waals surface area contributed by atoms with Gasteiger partial charge in [0, 0.05) is 11.7 Å². The summed E-state index contributed by atoms with van der Waals surface area (Å²) in [4.78, 5) is 0. The quantitative estimate of drug-likeness (QED) is 0.883. The molecular weight excluding hydrogens is 246 g/mol. The highest BCUT2D eigenvalue weighted by Gasteiger charge is 2.17. The zero-order valence-corrected chi connectivity index (χ0v) is 13.7. The van der Waals surface area contributed by atoms with E-state index in [1.807, 2.05) is 0 Å². The van der Waals surface area contributed by atoms with Crippen molar-refractivity contribution in [3.63, 3.8) is 0 Å². The maximum atomic E-state index is 4.81. The first-order chi connectivity index (χ1) is 9.44. The van der Waals surface area contributed by atoms with Crippen molar-refractivity contribution in [2.24, 2.45) is 5.92 Å². The molecule has 3 heteroatoms. The van der Waals surface area contributed by atoms with Crippen LogP contribution >= 0.6 is 0 Å². The van der Waals surface area contributed by atoms with Gasteiger partial charge in [0.2, 0.25) is 0 Å². The van der Waals surface area contributed by atoms with Crippen molar-refractivity contribution in [2.75, 3.05) is 6.54 Å². The topological polar surface area (TPSA) is 29.9 Å². The predicted molar refractivity (Wildman–Crippen MR) is 85.0 cm³/mol. The summed E-state index contributed by atoms with van der Waals surface area (Å²) in [5.74, 6) is 0.629. The Hall–Kier alpha value is -0.830. The second-order valence-electron chi connectivity index (χ2n) is 7.52. The van der Waals surface area contributed by atoms with Crippen LogP contribution in [0.5, 0.6) is 0 Å². The van der Waals surface area contributed by atoms with E-state index in [0.717, 1.165) is 13.0 Å². The minimum absolute atomic E-state index is 0.204. The lowest BCUT2D eigenvalue weighted by Crippen LogP contribution is -2.39. The molecule has 0 spiro atoms. The number of hydrogen-bond acceptors (Lipinski definition) is 2. The molecular formula is C17H31N3. The molecule has 1 fully saturated rings. The first kappa shape index (κ1) is 15.6. The van der Waals surface area contributed by atoms with E-state index in [1.165, 1.54) is 37.8 Å². The zero-order chi connectivity index (χ0) is 14.6. The molecule has 0 bridgehead atoms. The summed E-state index contributed by atoms with van der Waals surface area (Å²) in [6, 6.07) is 2.86. The van der Waals surface area contributed by atoms with Gasteiger partial charge in [0.05, 0.1) is 11.7 Å². The highest BCUT2D eigenvalue weighted by atomic mass is 15.3. The maximum Gasteiger partial charge on any atom is 0.0627 e. The van der Waals surface area contributed by atoms with Crippen LogP contribution in [-0.2, 0) is 6.42 Å². The average molecular weight is 277 g/mol. The van der Waals surface area contributed by atoms with Crippen molar-refractivity contribution in [1.29, 1.82) is 0 Å². The van der Waals surface area contributed by atoms with Crippen LogP contribution in [0.1, 0.15) is 71.5 Å². The Kier molecular flexibility index (Phi) is 5.25. The molecule has 0 radical (unpaired) electrons. The molecule has 1 heterocycles. The fraction of sp³-hybridized carbons (Fsp3) is 0.824. The van der Waals surface area contributed by atoms with Gasteiger partial charge >= 0.3 is 0 Å². The van der Waals surface area contributed by atoms with Gasteiger partial charge in [0.1, 0.15) is 0 Å². The Balaban J connectivity index is 1.82. The van der Waals surface area contributed by atoms with Gasteiger partial charge < -0.3 is 5.32 Å². The van der Waals surface area contributed by atoms with Crippen molar-refractivity contribution in [3.05, 3.63) is 18.0 Å². The van der Waals surface area contributed by atoms with Crippen LogP contribution in [-0.4, -0.2) is 21.9 Å². The Morgan fingerprint density at radius 2 is 2.00 bits per heavy atom. The third-order valence-electron chi connectivity index (χ3n) is 4.15. The van der Waals surface area contributed by atoms with Gasteiger partial charge in [-0.3, -0.25) is 4.68 Å². The smallest absolute Gasteiger partial charge is 0.0627 e. The van der Waals surface area contributed by atoms with Gasteiger partial charge in [0.15, 0.2) is 0 Å². The van der Waals surface area contributed by atoms with E-state index >= 15 is 0 Å². The number of hydrogen-bond donors (Lipinski definition) is 1. The monoisotopic (exact) mass is 277 g/mol. The van der Waals surface area contributed by atoms with Crippen LogP contribution in [0, 0.1) is 5.92 Å². The van der Waals surface area contributed by atoms with E-state index in [4.69, 9.17) is 5.10 Å². The Morgan fingerprint density at radius 3 is 2.65 bits per heavy atom. The molecule has 1 atom stereocenters. The SMILES string of the molecule is CC(CNC(C)(C)C)Cc1ccn(C2CCCCC2)n1. The second-order valence-corrected chi connectivity index (χ2v) is 7.52. The molecule has 2 rings (SSSR count). The minimum atomic E-state index is 0.204. The van der Waals surface area contributed by atoms with Gasteiger partial charge in [-0.2, -0.15) is 5.10 Å². The summed E-state index contributed by atoms with van der Waals surface area (Å²) < 4.78 is 2.22. The van der Waals surface area contributed by atoms with E-state index in [-0.39, 0.29) is 5.54 Å². The molecule has 0 saturated heterocycles. The lowest BCUT2D eigenvalue weighted by Gasteiger charge is -2.23. The average Bonchev–Trinajstić information content (AvgIpc) is 2.85. The largest absolute Gasteiger partial charge is 0.312 e. The van der Waals surface area contributed by atoms with E-state index in [9.17, 15) is 0 Å². The van der Waals surface area contributed by atoms with E-state index in [0.29, 0.717) is 12.0 Å². The van der Waals surface area contributed by atoms with Crippen LogP contribution in [0.4, 0.5) is 0 Å². The first-order valence-corrected chi connectivity index (χ1v) is 8.23. The molecule has 1 aromatic rings. The Labute approximate surface area is 124 Å². The molecule has 1 unspecified atom stereocenters. The molecule has 1 aromatic heterocycles. The number of aromatic nitrogens is 2. The van der Waals surface area contributed by atoms with Gasteiger partial charge in [-0.15, -0.1) is 0 Å². The van der Waals surface area contributed by atoms with Gasteiger partial charge in [0.25, 0.3) is 0 Å². The molecule has 1 aliphatic rings. The van der Waals surface area contributed by atoms with Crippen molar-refractivity contribution in [1.82, 2.24) is 15.1 Å². The molecule has 1 saturated carbocycles. The lowest BCUT2D eigenvalue weighted by atomic mass is 9.96. The summed E-state index contributed by atoms with van der Waals surface area (Å²) in [7, 11) is 0. The fourth-order valence-corrected chi connectivity index (χ4v) is 2.94. The molecule has 0 aromatic carbocycles. The highest BCUT2D eigenvalue weighted by Crippen LogP contribution is 2.27.